The largest absolute Gasteiger partial charge is 0.354 e. The van der Waals surface area contributed by atoms with Crippen molar-refractivity contribution in [3.63, 3.8) is 0 Å². The van der Waals surface area contributed by atoms with Crippen LogP contribution in [-0.4, -0.2) is 40.0 Å². The molecule has 8 heteroatoms. The number of hydrogen-bond donors (Lipinski definition) is 2. The number of carbonyl (C=O) groups is 1. The van der Waals surface area contributed by atoms with Crippen LogP contribution in [0.1, 0.15) is 36.9 Å². The first-order valence-corrected chi connectivity index (χ1v) is 7.65. The van der Waals surface area contributed by atoms with E-state index >= 15 is 0 Å². The van der Waals surface area contributed by atoms with Gasteiger partial charge in [-0.05, 0) is 54.3 Å². The molecule has 1 aliphatic heterocycles. The summed E-state index contributed by atoms with van der Waals surface area (Å²) in [7, 11) is 0. The predicted octanol–water partition coefficient (Wildman–Crippen LogP) is 1.65. The molecule has 124 valence electrons. The number of hydrogen-bond acceptors (Lipinski definition) is 6. The second-order valence-electron chi connectivity index (χ2n) is 6.03. The number of nitrogens with one attached hydrogen (secondary N) is 1. The molecule has 3 rings (SSSR count). The van der Waals surface area contributed by atoms with Gasteiger partial charge >= 0.3 is 0 Å². The molecule has 1 aromatic carbocycles. The van der Waals surface area contributed by atoms with Crippen LogP contribution in [0, 0.1) is 12.7 Å². The van der Waals surface area contributed by atoms with Gasteiger partial charge in [-0.25, -0.2) is 14.4 Å². The summed E-state index contributed by atoms with van der Waals surface area (Å²) in [4.78, 5) is 12.1. The van der Waals surface area contributed by atoms with Gasteiger partial charge in [0, 0.05) is 0 Å². The Bertz CT molecular complexity index is 634. The van der Waals surface area contributed by atoms with Gasteiger partial charge in [0.15, 0.2) is 0 Å². The lowest BCUT2D eigenvalue weighted by Gasteiger charge is -2.23. The van der Waals surface area contributed by atoms with Crippen LogP contribution < -0.4 is 5.32 Å². The van der Waals surface area contributed by atoms with Crippen molar-refractivity contribution in [1.82, 2.24) is 15.3 Å². The molecular weight excluding hydrogens is 301 g/mol. The van der Waals surface area contributed by atoms with Gasteiger partial charge in [-0.1, -0.05) is 12.1 Å². The fraction of sp³-hybridized carbons (Fsp3) is 0.533. The minimum Gasteiger partial charge on any atom is -0.354 e. The molecule has 1 unspecified atom stereocenters. The number of nitrogens with zero attached hydrogens (tertiary/aromatic N) is 4. The second kappa shape index (κ2) is 6.11. The fourth-order valence-electron chi connectivity index (χ4n) is 2.44. The molecule has 0 bridgehead atoms. The third-order valence-corrected chi connectivity index (χ3v) is 4.06. The second-order valence-corrected chi connectivity index (χ2v) is 6.03. The van der Waals surface area contributed by atoms with Gasteiger partial charge in [0.2, 0.25) is 12.3 Å². The van der Waals surface area contributed by atoms with Gasteiger partial charge in [0.1, 0.15) is 12.4 Å². The van der Waals surface area contributed by atoms with Crippen LogP contribution in [-0.2, 0) is 4.79 Å². The van der Waals surface area contributed by atoms with E-state index in [-0.39, 0.29) is 30.4 Å². The summed E-state index contributed by atoms with van der Waals surface area (Å²) in [5, 5.41) is 23.3. The van der Waals surface area contributed by atoms with Crippen LogP contribution in [0.25, 0.3) is 0 Å². The van der Waals surface area contributed by atoms with Crippen molar-refractivity contribution < 1.29 is 14.3 Å². The van der Waals surface area contributed by atoms with Gasteiger partial charge in [0.05, 0.1) is 12.1 Å². The fourth-order valence-corrected chi connectivity index (χ4v) is 2.44. The zero-order valence-electron chi connectivity index (χ0n) is 13.1. The number of carbonyl (C=O) groups excluding carboxylic acids is 1. The van der Waals surface area contributed by atoms with Crippen molar-refractivity contribution in [1.29, 1.82) is 0 Å². The average molecular weight is 321 g/mol. The smallest absolute Gasteiger partial charge is 0.242 e. The van der Waals surface area contributed by atoms with E-state index < -0.39 is 6.35 Å². The number of amides is 1. The summed E-state index contributed by atoms with van der Waals surface area (Å²) >= 11 is 0. The number of rotatable bonds is 5. The first-order valence-electron chi connectivity index (χ1n) is 7.65. The lowest BCUT2D eigenvalue weighted by molar-refractivity contribution is -0.130. The van der Waals surface area contributed by atoms with Crippen molar-refractivity contribution in [2.24, 2.45) is 10.4 Å². The van der Waals surface area contributed by atoms with Crippen LogP contribution in [0.2, 0.25) is 0 Å². The Hall–Kier alpha value is -2.22. The maximum absolute atomic E-state index is 13.6. The van der Waals surface area contributed by atoms with Gasteiger partial charge in [-0.3, -0.25) is 4.79 Å². The number of aliphatic hydroxyl groups is 1. The Balaban J connectivity index is 1.54. The Morgan fingerprint density at radius 2 is 2.22 bits per heavy atom. The molecule has 1 aromatic rings. The summed E-state index contributed by atoms with van der Waals surface area (Å²) in [6.45, 7) is 3.36. The summed E-state index contributed by atoms with van der Waals surface area (Å²) in [5.74, 6) is -0.610. The molecule has 1 fully saturated rings. The van der Waals surface area contributed by atoms with Gasteiger partial charge in [-0.2, -0.15) is 0 Å². The highest BCUT2D eigenvalue weighted by Gasteiger charge is 2.39. The molecule has 23 heavy (non-hydrogen) atoms. The quantitative estimate of drug-likeness (QED) is 0.864. The van der Waals surface area contributed by atoms with E-state index in [0.717, 1.165) is 12.8 Å². The van der Waals surface area contributed by atoms with Crippen molar-refractivity contribution in [2.45, 2.75) is 45.1 Å². The topological polar surface area (TPSA) is 80.5 Å². The Morgan fingerprint density at radius 1 is 1.48 bits per heavy atom. The molecular formula is C15H20FN5O2. The minimum atomic E-state index is -1.000. The number of aryl methyl sites for hydroxylation is 1. The average Bonchev–Trinajstić information content (AvgIpc) is 3.28. The van der Waals surface area contributed by atoms with Gasteiger partial charge < -0.3 is 10.4 Å². The van der Waals surface area contributed by atoms with Crippen LogP contribution in [0.15, 0.2) is 28.6 Å². The van der Waals surface area contributed by atoms with Gasteiger partial charge in [0.25, 0.3) is 0 Å². The normalized spacial score (nSPS) is 21.7. The Kier molecular flexibility index (Phi) is 4.16. The molecule has 0 saturated heterocycles. The molecule has 0 aromatic heterocycles. The van der Waals surface area contributed by atoms with E-state index in [0.29, 0.717) is 11.1 Å². The van der Waals surface area contributed by atoms with E-state index in [1.165, 1.54) is 16.1 Å². The third-order valence-electron chi connectivity index (χ3n) is 4.06. The van der Waals surface area contributed by atoms with Crippen molar-refractivity contribution in [2.75, 3.05) is 6.54 Å². The number of aliphatic hydroxyl groups excluding tert-OH is 1. The maximum Gasteiger partial charge on any atom is 0.242 e. The highest BCUT2D eigenvalue weighted by Crippen LogP contribution is 2.32. The number of halogens is 1. The summed E-state index contributed by atoms with van der Waals surface area (Å²) in [5.41, 5.74) is 1.25. The van der Waals surface area contributed by atoms with Gasteiger partial charge in [-0.15, -0.1) is 0 Å². The SMILES string of the molecule is Cc1ccc([C@H](C)NC(=O)CN2N=NN(C3CC3)C2O)cc1F. The first-order chi connectivity index (χ1) is 11.0. The van der Waals surface area contributed by atoms with Crippen LogP contribution in [0.4, 0.5) is 4.39 Å². The van der Waals surface area contributed by atoms with E-state index in [1.807, 2.05) is 0 Å². The Morgan fingerprint density at radius 3 is 2.87 bits per heavy atom. The van der Waals surface area contributed by atoms with Crippen molar-refractivity contribution in [3.05, 3.63) is 35.1 Å². The van der Waals surface area contributed by atoms with Crippen LogP contribution in [0.3, 0.4) is 0 Å². The molecule has 7 nitrogen and oxygen atoms in total. The molecule has 1 saturated carbocycles. The third kappa shape index (κ3) is 3.42. The zero-order valence-corrected chi connectivity index (χ0v) is 13.1. The molecule has 2 atom stereocenters. The van der Waals surface area contributed by atoms with E-state index in [1.54, 1.807) is 26.0 Å². The standard InChI is InChI=1S/C15H20FN5O2/c1-9-3-4-11(7-13(9)16)10(2)17-14(22)8-20-15(23)21(19-18-20)12-5-6-12/h3-4,7,10,12,15,23H,5-6,8H2,1-2H3,(H,17,22)/t10-,15?/m0/s1. The van der Waals surface area contributed by atoms with E-state index in [9.17, 15) is 14.3 Å². The van der Waals surface area contributed by atoms with Crippen LogP contribution >= 0.6 is 0 Å². The molecule has 0 spiro atoms. The molecule has 1 heterocycles. The highest BCUT2D eigenvalue weighted by atomic mass is 19.1. The first kappa shape index (κ1) is 15.7. The van der Waals surface area contributed by atoms with Crippen LogP contribution in [0.5, 0.6) is 0 Å². The minimum absolute atomic E-state index is 0.105. The van der Waals surface area contributed by atoms with E-state index in [2.05, 4.69) is 15.8 Å². The molecule has 1 amide bonds. The molecule has 0 radical (unpaired) electrons. The molecule has 2 aliphatic rings. The Labute approximate surface area is 133 Å². The predicted molar refractivity (Wildman–Crippen MR) is 80.1 cm³/mol. The summed E-state index contributed by atoms with van der Waals surface area (Å²) in [6, 6.07) is 4.76. The van der Waals surface area contributed by atoms with E-state index in [4.69, 9.17) is 0 Å². The molecule has 1 aliphatic carbocycles. The van der Waals surface area contributed by atoms with Crippen molar-refractivity contribution in [3.8, 4) is 0 Å². The number of benzene rings is 1. The van der Waals surface area contributed by atoms with Crippen molar-refractivity contribution >= 4 is 5.91 Å². The monoisotopic (exact) mass is 321 g/mol. The molecule has 2 N–H and O–H groups in total. The lowest BCUT2D eigenvalue weighted by atomic mass is 10.1. The zero-order chi connectivity index (χ0) is 16.6. The summed E-state index contributed by atoms with van der Waals surface area (Å²) < 4.78 is 13.6. The maximum atomic E-state index is 13.6. The lowest BCUT2D eigenvalue weighted by Crippen LogP contribution is -2.44. The highest BCUT2D eigenvalue weighted by molar-refractivity contribution is 5.78. The summed E-state index contributed by atoms with van der Waals surface area (Å²) in [6.07, 6.45) is 0.957.